The van der Waals surface area contributed by atoms with Crippen molar-refractivity contribution < 1.29 is 9.47 Å². The van der Waals surface area contributed by atoms with Crippen molar-refractivity contribution in [2.24, 2.45) is 4.99 Å². The second kappa shape index (κ2) is 11.0. The average molecular weight is 355 g/mol. The third kappa shape index (κ3) is 7.12. The van der Waals surface area contributed by atoms with Gasteiger partial charge >= 0.3 is 0 Å². The van der Waals surface area contributed by atoms with Crippen molar-refractivity contribution in [3.8, 4) is 0 Å². The molecule has 1 unspecified atom stereocenters. The molecule has 1 saturated heterocycles. The van der Waals surface area contributed by atoms with E-state index >= 15 is 0 Å². The van der Waals surface area contributed by atoms with E-state index in [1.54, 1.807) is 7.11 Å². The van der Waals surface area contributed by atoms with Gasteiger partial charge in [-0.2, -0.15) is 0 Å². The number of likely N-dealkylation sites (tertiary alicyclic amines) is 1. The Balaban J connectivity index is 1.75. The van der Waals surface area contributed by atoms with Crippen LogP contribution in [0.3, 0.4) is 0 Å². The van der Waals surface area contributed by atoms with Crippen molar-refractivity contribution in [1.29, 1.82) is 0 Å². The summed E-state index contributed by atoms with van der Waals surface area (Å²) in [5.74, 6) is 1.07. The molecule has 1 aliphatic carbocycles. The molecule has 0 amide bonds. The minimum Gasteiger partial charge on any atom is -0.385 e. The standard InChI is InChI=1S/C19H38N4O2/c1-5-20-19(21-15-16(2)22(3)17-7-8-17)23-11-9-18(10-12-23)25-14-6-13-24-4/h16-18H,5-15H2,1-4H3,(H,20,21). The van der Waals surface area contributed by atoms with E-state index in [-0.39, 0.29) is 0 Å². The molecule has 0 bridgehead atoms. The SMILES string of the molecule is CCNC(=NCC(C)N(C)C1CC1)N1CCC(OCCCOC)CC1. The number of piperidine rings is 1. The largest absolute Gasteiger partial charge is 0.385 e. The summed E-state index contributed by atoms with van der Waals surface area (Å²) in [6, 6.07) is 1.29. The van der Waals surface area contributed by atoms with Gasteiger partial charge in [0, 0.05) is 52.0 Å². The lowest BCUT2D eigenvalue weighted by Gasteiger charge is -2.34. The molecule has 146 valence electrons. The number of nitrogens with zero attached hydrogens (tertiary/aromatic N) is 3. The van der Waals surface area contributed by atoms with Crippen molar-refractivity contribution in [2.75, 3.05) is 53.6 Å². The number of methoxy groups -OCH3 is 1. The molecule has 0 aromatic rings. The first kappa shape index (κ1) is 20.5. The van der Waals surface area contributed by atoms with Crippen LogP contribution in [0.25, 0.3) is 0 Å². The maximum atomic E-state index is 5.96. The lowest BCUT2D eigenvalue weighted by molar-refractivity contribution is 0.00989. The fourth-order valence-corrected chi connectivity index (χ4v) is 3.30. The molecule has 2 fully saturated rings. The van der Waals surface area contributed by atoms with Crippen molar-refractivity contribution in [2.45, 2.75) is 64.1 Å². The van der Waals surface area contributed by atoms with Gasteiger partial charge in [-0.25, -0.2) is 0 Å². The van der Waals surface area contributed by atoms with Gasteiger partial charge in [0.2, 0.25) is 0 Å². The third-order valence-electron chi connectivity index (χ3n) is 5.25. The minimum atomic E-state index is 0.385. The van der Waals surface area contributed by atoms with Crippen LogP contribution in [0.1, 0.15) is 46.0 Å². The van der Waals surface area contributed by atoms with E-state index in [0.717, 1.165) is 70.7 Å². The Labute approximate surface area is 153 Å². The highest BCUT2D eigenvalue weighted by atomic mass is 16.5. The van der Waals surface area contributed by atoms with Gasteiger partial charge in [-0.05, 0) is 53.0 Å². The van der Waals surface area contributed by atoms with Gasteiger partial charge in [0.25, 0.3) is 0 Å². The number of hydrogen-bond donors (Lipinski definition) is 1. The molecule has 2 aliphatic rings. The molecular formula is C19H38N4O2. The molecule has 0 spiro atoms. The highest BCUT2D eigenvalue weighted by Crippen LogP contribution is 2.27. The topological polar surface area (TPSA) is 49.3 Å². The van der Waals surface area contributed by atoms with Crippen LogP contribution in [0.5, 0.6) is 0 Å². The predicted octanol–water partition coefficient (Wildman–Crippen LogP) is 1.95. The second-order valence-electron chi connectivity index (χ2n) is 7.34. The van der Waals surface area contributed by atoms with E-state index in [1.165, 1.54) is 12.8 Å². The molecule has 0 radical (unpaired) electrons. The molecule has 1 atom stereocenters. The molecule has 1 heterocycles. The van der Waals surface area contributed by atoms with E-state index in [0.29, 0.717) is 12.1 Å². The Bertz CT molecular complexity index is 393. The van der Waals surface area contributed by atoms with Crippen LogP contribution in [0.4, 0.5) is 0 Å². The maximum Gasteiger partial charge on any atom is 0.193 e. The first-order valence-electron chi connectivity index (χ1n) is 10.0. The van der Waals surface area contributed by atoms with E-state index in [2.05, 4.69) is 36.0 Å². The number of guanidine groups is 1. The maximum absolute atomic E-state index is 5.96. The summed E-state index contributed by atoms with van der Waals surface area (Å²) < 4.78 is 11.0. The highest BCUT2D eigenvalue weighted by molar-refractivity contribution is 5.80. The minimum absolute atomic E-state index is 0.385. The van der Waals surface area contributed by atoms with Gasteiger partial charge in [-0.15, -0.1) is 0 Å². The molecular weight excluding hydrogens is 316 g/mol. The van der Waals surface area contributed by atoms with Gasteiger partial charge in [-0.3, -0.25) is 9.89 Å². The molecule has 6 nitrogen and oxygen atoms in total. The Morgan fingerprint density at radius 3 is 2.56 bits per heavy atom. The fraction of sp³-hybridized carbons (Fsp3) is 0.947. The predicted molar refractivity (Wildman–Crippen MR) is 103 cm³/mol. The molecule has 1 saturated carbocycles. The van der Waals surface area contributed by atoms with Gasteiger partial charge in [0.05, 0.1) is 12.6 Å². The molecule has 0 aromatic heterocycles. The number of ether oxygens (including phenoxy) is 2. The summed E-state index contributed by atoms with van der Waals surface area (Å²) in [7, 11) is 3.97. The molecule has 2 rings (SSSR count). The Morgan fingerprint density at radius 1 is 1.24 bits per heavy atom. The average Bonchev–Trinajstić information content (AvgIpc) is 3.47. The first-order chi connectivity index (χ1) is 12.2. The summed E-state index contributed by atoms with van der Waals surface area (Å²) in [5, 5.41) is 3.47. The number of likely N-dealkylation sites (N-methyl/N-ethyl adjacent to an activating group) is 1. The van der Waals surface area contributed by atoms with Crippen molar-refractivity contribution in [1.82, 2.24) is 15.1 Å². The van der Waals surface area contributed by atoms with E-state index in [4.69, 9.17) is 14.5 Å². The van der Waals surface area contributed by atoms with Gasteiger partial charge in [0.15, 0.2) is 5.96 Å². The normalized spacial score (nSPS) is 21.0. The van der Waals surface area contributed by atoms with E-state index in [1.807, 2.05) is 0 Å². The summed E-state index contributed by atoms with van der Waals surface area (Å²) in [4.78, 5) is 9.78. The van der Waals surface area contributed by atoms with Crippen LogP contribution in [0, 0.1) is 0 Å². The van der Waals surface area contributed by atoms with E-state index in [9.17, 15) is 0 Å². The van der Waals surface area contributed by atoms with Crippen LogP contribution in [0.15, 0.2) is 4.99 Å². The summed E-state index contributed by atoms with van der Waals surface area (Å²) in [5.41, 5.74) is 0. The number of aliphatic imine (C=N–C) groups is 1. The van der Waals surface area contributed by atoms with Gasteiger partial charge in [0.1, 0.15) is 0 Å². The summed E-state index contributed by atoms with van der Waals surface area (Å²) in [6.07, 6.45) is 6.22. The zero-order valence-corrected chi connectivity index (χ0v) is 16.7. The zero-order chi connectivity index (χ0) is 18.1. The van der Waals surface area contributed by atoms with Gasteiger partial charge < -0.3 is 19.7 Å². The summed E-state index contributed by atoms with van der Waals surface area (Å²) >= 11 is 0. The van der Waals surface area contributed by atoms with Crippen LogP contribution in [0.2, 0.25) is 0 Å². The van der Waals surface area contributed by atoms with Crippen molar-refractivity contribution in [3.63, 3.8) is 0 Å². The molecule has 1 aliphatic heterocycles. The molecule has 25 heavy (non-hydrogen) atoms. The Morgan fingerprint density at radius 2 is 1.96 bits per heavy atom. The molecule has 6 heteroatoms. The van der Waals surface area contributed by atoms with Crippen LogP contribution >= 0.6 is 0 Å². The smallest absolute Gasteiger partial charge is 0.193 e. The first-order valence-corrected chi connectivity index (χ1v) is 10.0. The van der Waals surface area contributed by atoms with Crippen LogP contribution in [-0.2, 0) is 9.47 Å². The quantitative estimate of drug-likeness (QED) is 0.369. The number of hydrogen-bond acceptors (Lipinski definition) is 4. The lowest BCUT2D eigenvalue weighted by Crippen LogP contribution is -2.47. The third-order valence-corrected chi connectivity index (χ3v) is 5.25. The number of nitrogens with one attached hydrogen (secondary N) is 1. The van der Waals surface area contributed by atoms with Crippen molar-refractivity contribution >= 4 is 5.96 Å². The lowest BCUT2D eigenvalue weighted by atomic mass is 10.1. The molecule has 0 aromatic carbocycles. The number of rotatable bonds is 10. The van der Waals surface area contributed by atoms with Crippen LogP contribution in [-0.4, -0.2) is 87.5 Å². The highest BCUT2D eigenvalue weighted by Gasteiger charge is 2.29. The Kier molecular flexibility index (Phi) is 8.99. The fourth-order valence-electron chi connectivity index (χ4n) is 3.30. The monoisotopic (exact) mass is 354 g/mol. The van der Waals surface area contributed by atoms with Gasteiger partial charge in [-0.1, -0.05) is 0 Å². The van der Waals surface area contributed by atoms with Crippen molar-refractivity contribution in [3.05, 3.63) is 0 Å². The zero-order valence-electron chi connectivity index (χ0n) is 16.7. The Hall–Kier alpha value is -0.850. The summed E-state index contributed by atoms with van der Waals surface area (Å²) in [6.45, 7) is 9.83. The second-order valence-corrected chi connectivity index (χ2v) is 7.34. The van der Waals surface area contributed by atoms with E-state index < -0.39 is 0 Å². The molecule has 1 N–H and O–H groups in total. The van der Waals surface area contributed by atoms with Crippen LogP contribution < -0.4 is 5.32 Å².